The summed E-state index contributed by atoms with van der Waals surface area (Å²) in [5.41, 5.74) is 0. The summed E-state index contributed by atoms with van der Waals surface area (Å²) in [4.78, 5) is 0. The SMILES string of the molecule is CCCCCCCCCCOCOCCCC(C)CC(C)CC(C)CC(C)CC(C)CC(C)CCCI. The number of hydrogen-bond donors (Lipinski definition) is 0. The fourth-order valence-electron chi connectivity index (χ4n) is 6.53. The van der Waals surface area contributed by atoms with Crippen LogP contribution < -0.4 is 0 Å². The van der Waals surface area contributed by atoms with Crippen LogP contribution in [-0.4, -0.2) is 24.4 Å². The first-order valence-corrected chi connectivity index (χ1v) is 18.0. The minimum Gasteiger partial charge on any atom is -0.355 e. The predicted octanol–water partition coefficient (Wildman–Crippen LogP) is 11.9. The fourth-order valence-corrected chi connectivity index (χ4v) is 6.97. The first-order valence-electron chi connectivity index (χ1n) is 16.5. The molecule has 0 radical (unpaired) electrons. The van der Waals surface area contributed by atoms with Gasteiger partial charge in [-0.1, -0.05) is 116 Å². The summed E-state index contributed by atoms with van der Waals surface area (Å²) in [5, 5.41) is 0. The van der Waals surface area contributed by atoms with Crippen LogP contribution in [0.2, 0.25) is 0 Å². The lowest BCUT2D eigenvalue weighted by atomic mass is 9.81. The summed E-state index contributed by atoms with van der Waals surface area (Å²) in [7, 11) is 0. The first kappa shape index (κ1) is 37.6. The van der Waals surface area contributed by atoms with Crippen molar-refractivity contribution in [2.45, 2.75) is 158 Å². The summed E-state index contributed by atoms with van der Waals surface area (Å²) in [5.74, 6) is 5.11. The molecule has 0 fully saturated rings. The lowest BCUT2D eigenvalue weighted by Crippen LogP contribution is -2.13. The van der Waals surface area contributed by atoms with Crippen molar-refractivity contribution in [1.29, 1.82) is 0 Å². The van der Waals surface area contributed by atoms with Crippen LogP contribution >= 0.6 is 22.6 Å². The fraction of sp³-hybridized carbons (Fsp3) is 1.00. The summed E-state index contributed by atoms with van der Waals surface area (Å²) < 4.78 is 12.7. The highest BCUT2D eigenvalue weighted by Gasteiger charge is 2.17. The Balaban J connectivity index is 3.68. The molecule has 0 aromatic heterocycles. The van der Waals surface area contributed by atoms with E-state index in [9.17, 15) is 0 Å². The maximum atomic E-state index is 5.72. The molecular formula is C34H69IO2. The molecular weight excluding hydrogens is 567 g/mol. The molecule has 0 aromatic rings. The normalized spacial score (nSPS) is 16.9. The Labute approximate surface area is 248 Å². The van der Waals surface area contributed by atoms with Gasteiger partial charge in [-0.15, -0.1) is 0 Å². The zero-order valence-electron chi connectivity index (χ0n) is 26.5. The van der Waals surface area contributed by atoms with E-state index in [4.69, 9.17) is 9.47 Å². The van der Waals surface area contributed by atoms with E-state index in [1.807, 2.05) is 0 Å². The third-order valence-corrected chi connectivity index (χ3v) is 8.91. The van der Waals surface area contributed by atoms with Gasteiger partial charge in [0.2, 0.25) is 0 Å². The second-order valence-electron chi connectivity index (χ2n) is 13.2. The molecule has 0 amide bonds. The Morgan fingerprint density at radius 2 is 0.838 bits per heavy atom. The van der Waals surface area contributed by atoms with E-state index in [1.54, 1.807) is 0 Å². The molecule has 0 rings (SSSR count). The van der Waals surface area contributed by atoms with E-state index in [-0.39, 0.29) is 0 Å². The summed E-state index contributed by atoms with van der Waals surface area (Å²) in [6.07, 6.45) is 23.0. The molecule has 0 heterocycles. The second-order valence-corrected chi connectivity index (χ2v) is 14.3. The van der Waals surface area contributed by atoms with E-state index in [1.165, 1.54) is 107 Å². The van der Waals surface area contributed by atoms with Crippen LogP contribution in [0.5, 0.6) is 0 Å². The number of ether oxygens (including phenoxy) is 2. The van der Waals surface area contributed by atoms with Crippen molar-refractivity contribution in [1.82, 2.24) is 0 Å². The Bertz CT molecular complexity index is 457. The third kappa shape index (κ3) is 26.6. The lowest BCUT2D eigenvalue weighted by Gasteiger charge is -2.25. The van der Waals surface area contributed by atoms with Gasteiger partial charge in [-0.2, -0.15) is 0 Å². The van der Waals surface area contributed by atoms with Crippen LogP contribution in [0.25, 0.3) is 0 Å². The first-order chi connectivity index (χ1) is 17.8. The van der Waals surface area contributed by atoms with Crippen LogP contribution in [0, 0.1) is 35.5 Å². The van der Waals surface area contributed by atoms with Gasteiger partial charge in [-0.25, -0.2) is 0 Å². The molecule has 0 N–H and O–H groups in total. The molecule has 224 valence electrons. The van der Waals surface area contributed by atoms with Crippen LogP contribution in [0.15, 0.2) is 0 Å². The topological polar surface area (TPSA) is 18.5 Å². The molecule has 0 bridgehead atoms. The van der Waals surface area contributed by atoms with E-state index in [0.717, 1.165) is 55.1 Å². The number of halogens is 1. The third-order valence-electron chi connectivity index (χ3n) is 8.15. The highest BCUT2D eigenvalue weighted by atomic mass is 127. The Kier molecular flexibility index (Phi) is 27.3. The average Bonchev–Trinajstić information content (AvgIpc) is 2.82. The Hall–Kier alpha value is 0.650. The van der Waals surface area contributed by atoms with E-state index < -0.39 is 0 Å². The zero-order chi connectivity index (χ0) is 27.7. The van der Waals surface area contributed by atoms with Gasteiger partial charge in [0.15, 0.2) is 0 Å². The number of rotatable bonds is 28. The standard InChI is InChI=1S/C34H69IO2/c1-8-9-10-11-12-13-14-15-21-36-28-37-22-17-19-30(3)24-32(5)26-34(7)27-33(6)25-31(4)23-29(2)18-16-20-35/h29-34H,8-28H2,1-7H3. The van der Waals surface area contributed by atoms with Crippen LogP contribution in [0.3, 0.4) is 0 Å². The van der Waals surface area contributed by atoms with Crippen molar-refractivity contribution in [3.05, 3.63) is 0 Å². The van der Waals surface area contributed by atoms with Crippen molar-refractivity contribution >= 4 is 22.6 Å². The highest BCUT2D eigenvalue weighted by molar-refractivity contribution is 14.1. The van der Waals surface area contributed by atoms with Crippen LogP contribution in [0.4, 0.5) is 0 Å². The molecule has 37 heavy (non-hydrogen) atoms. The minimum absolute atomic E-state index is 0.479. The van der Waals surface area contributed by atoms with Crippen LogP contribution in [0.1, 0.15) is 158 Å². The van der Waals surface area contributed by atoms with Crippen LogP contribution in [-0.2, 0) is 9.47 Å². The second kappa shape index (κ2) is 26.9. The van der Waals surface area contributed by atoms with Crippen molar-refractivity contribution in [2.24, 2.45) is 35.5 Å². The molecule has 0 aliphatic heterocycles. The van der Waals surface area contributed by atoms with Crippen molar-refractivity contribution in [3.8, 4) is 0 Å². The highest BCUT2D eigenvalue weighted by Crippen LogP contribution is 2.29. The van der Waals surface area contributed by atoms with Gasteiger partial charge in [0.05, 0.1) is 0 Å². The number of unbranched alkanes of at least 4 members (excludes halogenated alkanes) is 7. The number of hydrogen-bond acceptors (Lipinski definition) is 2. The van der Waals surface area contributed by atoms with Crippen molar-refractivity contribution in [3.63, 3.8) is 0 Å². The molecule has 0 saturated heterocycles. The van der Waals surface area contributed by atoms with Gasteiger partial charge in [0.1, 0.15) is 6.79 Å². The van der Waals surface area contributed by atoms with Crippen molar-refractivity contribution in [2.75, 3.05) is 24.4 Å². The van der Waals surface area contributed by atoms with E-state index >= 15 is 0 Å². The maximum absolute atomic E-state index is 5.72. The Morgan fingerprint density at radius 3 is 1.30 bits per heavy atom. The lowest BCUT2D eigenvalue weighted by molar-refractivity contribution is -0.0561. The monoisotopic (exact) mass is 636 g/mol. The Morgan fingerprint density at radius 1 is 0.459 bits per heavy atom. The quantitative estimate of drug-likeness (QED) is 0.0368. The molecule has 6 atom stereocenters. The molecule has 0 aliphatic carbocycles. The summed E-state index contributed by atoms with van der Waals surface area (Å²) >= 11 is 2.51. The largest absolute Gasteiger partial charge is 0.355 e. The molecule has 6 unspecified atom stereocenters. The van der Waals surface area contributed by atoms with Gasteiger partial charge in [-0.05, 0) is 104 Å². The minimum atomic E-state index is 0.479. The van der Waals surface area contributed by atoms with Gasteiger partial charge in [-0.3, -0.25) is 0 Å². The average molecular weight is 637 g/mol. The summed E-state index contributed by atoms with van der Waals surface area (Å²) in [6, 6.07) is 0. The predicted molar refractivity (Wildman–Crippen MR) is 175 cm³/mol. The van der Waals surface area contributed by atoms with Gasteiger partial charge < -0.3 is 9.47 Å². The van der Waals surface area contributed by atoms with E-state index in [2.05, 4.69) is 71.1 Å². The van der Waals surface area contributed by atoms with Crippen molar-refractivity contribution < 1.29 is 9.47 Å². The molecule has 0 aromatic carbocycles. The smallest absolute Gasteiger partial charge is 0.146 e. The summed E-state index contributed by atoms with van der Waals surface area (Å²) in [6.45, 7) is 19.3. The molecule has 0 saturated carbocycles. The zero-order valence-corrected chi connectivity index (χ0v) is 28.7. The maximum Gasteiger partial charge on any atom is 0.146 e. The van der Waals surface area contributed by atoms with Gasteiger partial charge in [0, 0.05) is 13.2 Å². The molecule has 0 aliphatic rings. The van der Waals surface area contributed by atoms with Gasteiger partial charge >= 0.3 is 0 Å². The van der Waals surface area contributed by atoms with Gasteiger partial charge in [0.25, 0.3) is 0 Å². The number of alkyl halides is 1. The molecule has 2 nitrogen and oxygen atoms in total. The van der Waals surface area contributed by atoms with E-state index in [0.29, 0.717) is 6.79 Å². The molecule has 3 heteroatoms. The molecule has 0 spiro atoms.